The summed E-state index contributed by atoms with van der Waals surface area (Å²) >= 11 is 3.36. The molecular weight excluding hydrogens is 460 g/mol. The van der Waals surface area contributed by atoms with E-state index in [0.29, 0.717) is 22.4 Å². The number of benzene rings is 3. The van der Waals surface area contributed by atoms with Crippen molar-refractivity contribution in [3.8, 4) is 22.5 Å². The number of ketones is 1. The Labute approximate surface area is 186 Å². The first-order valence-electron chi connectivity index (χ1n) is 9.44. The molecule has 4 rings (SSSR count). The van der Waals surface area contributed by atoms with Gasteiger partial charge >= 0.3 is 0 Å². The molecule has 1 N–H and O–H groups in total. The summed E-state index contributed by atoms with van der Waals surface area (Å²) < 4.78 is 6.38. The van der Waals surface area contributed by atoms with Gasteiger partial charge < -0.3 is 9.73 Å². The summed E-state index contributed by atoms with van der Waals surface area (Å²) in [6, 6.07) is 20.8. The maximum Gasteiger partial charge on any atom is 0.289 e. The molecule has 3 aromatic carbocycles. The number of carbonyl (C=O) groups excluding carboxylic acids is 1. The lowest BCUT2D eigenvalue weighted by molar-refractivity contribution is -0.383. The zero-order chi connectivity index (χ0) is 22.0. The van der Waals surface area contributed by atoms with Crippen LogP contribution >= 0.6 is 15.9 Å². The predicted molar refractivity (Wildman–Crippen MR) is 123 cm³/mol. The highest BCUT2D eigenvalue weighted by Gasteiger charge is 2.32. The van der Waals surface area contributed by atoms with E-state index in [-0.39, 0.29) is 28.4 Å². The normalized spacial score (nSPS) is 10.6. The van der Waals surface area contributed by atoms with E-state index >= 15 is 0 Å². The number of nitro benzene ring substituents is 1. The van der Waals surface area contributed by atoms with Crippen LogP contribution in [0.3, 0.4) is 0 Å². The minimum Gasteiger partial charge on any atom is -0.464 e. The summed E-state index contributed by atoms with van der Waals surface area (Å²) in [5, 5.41) is 15.3. The van der Waals surface area contributed by atoms with Crippen molar-refractivity contribution >= 4 is 33.1 Å². The molecule has 0 saturated heterocycles. The van der Waals surface area contributed by atoms with E-state index in [9.17, 15) is 14.9 Å². The molecule has 0 aliphatic rings. The number of nitrogens with zero attached hydrogens (tertiary/aromatic N) is 1. The zero-order valence-corrected chi connectivity index (χ0v) is 18.0. The molecule has 7 heteroatoms. The number of nitrogens with one attached hydrogen (secondary N) is 1. The van der Waals surface area contributed by atoms with Crippen molar-refractivity contribution in [1.29, 1.82) is 0 Å². The summed E-state index contributed by atoms with van der Waals surface area (Å²) in [5.74, 6) is -0.0904. The average molecular weight is 477 g/mol. The van der Waals surface area contributed by atoms with Crippen LogP contribution in [0.2, 0.25) is 0 Å². The highest BCUT2D eigenvalue weighted by molar-refractivity contribution is 9.10. The second-order valence-electron chi connectivity index (χ2n) is 6.76. The van der Waals surface area contributed by atoms with Crippen molar-refractivity contribution in [3.63, 3.8) is 0 Å². The molecule has 0 radical (unpaired) electrons. The molecular formula is C24H17BrN2O4. The molecule has 1 aromatic heterocycles. The lowest BCUT2D eigenvalue weighted by Crippen LogP contribution is -2.10. The molecule has 0 unspecified atom stereocenters. The SMILES string of the molecule is CNc1cc(-c2ccccc2)c([N+](=O)[O-])c(-c2ccco2)c1C(=O)c1ccc(Br)cc1. The van der Waals surface area contributed by atoms with Gasteiger partial charge in [-0.2, -0.15) is 0 Å². The molecule has 0 bridgehead atoms. The van der Waals surface area contributed by atoms with Crippen molar-refractivity contribution in [2.45, 2.75) is 0 Å². The smallest absolute Gasteiger partial charge is 0.289 e. The second kappa shape index (κ2) is 8.57. The number of rotatable bonds is 6. The van der Waals surface area contributed by atoms with Gasteiger partial charge in [0.1, 0.15) is 11.3 Å². The molecule has 0 atom stereocenters. The fourth-order valence-corrected chi connectivity index (χ4v) is 3.80. The number of carbonyl (C=O) groups is 1. The molecule has 154 valence electrons. The number of hydrogen-bond acceptors (Lipinski definition) is 5. The van der Waals surface area contributed by atoms with Gasteiger partial charge in [-0.25, -0.2) is 0 Å². The Bertz CT molecular complexity index is 1250. The minimum atomic E-state index is -0.460. The van der Waals surface area contributed by atoms with E-state index in [2.05, 4.69) is 21.2 Å². The molecule has 0 aliphatic carbocycles. The zero-order valence-electron chi connectivity index (χ0n) is 16.5. The third-order valence-corrected chi connectivity index (χ3v) is 5.47. The Morgan fingerprint density at radius 3 is 2.32 bits per heavy atom. The van der Waals surface area contributed by atoms with Crippen LogP contribution < -0.4 is 5.32 Å². The van der Waals surface area contributed by atoms with E-state index < -0.39 is 4.92 Å². The average Bonchev–Trinajstić information content (AvgIpc) is 3.33. The Morgan fingerprint density at radius 2 is 1.74 bits per heavy atom. The van der Waals surface area contributed by atoms with Gasteiger partial charge in [0.15, 0.2) is 5.78 Å². The van der Waals surface area contributed by atoms with Crippen LogP contribution in [0, 0.1) is 10.1 Å². The maximum absolute atomic E-state index is 13.6. The quantitative estimate of drug-likeness (QED) is 0.193. The molecule has 0 spiro atoms. The Balaban J connectivity index is 2.09. The number of hydrogen-bond donors (Lipinski definition) is 1. The summed E-state index contributed by atoms with van der Waals surface area (Å²) in [5.41, 5.74) is 2.10. The number of anilines is 1. The summed E-state index contributed by atoms with van der Waals surface area (Å²) in [7, 11) is 1.68. The molecule has 0 fully saturated rings. The molecule has 4 aromatic rings. The van der Waals surface area contributed by atoms with Gasteiger partial charge in [-0.15, -0.1) is 0 Å². The van der Waals surface area contributed by atoms with Crippen molar-refractivity contribution in [3.05, 3.63) is 105 Å². The van der Waals surface area contributed by atoms with E-state index in [1.165, 1.54) is 6.26 Å². The maximum atomic E-state index is 13.6. The van der Waals surface area contributed by atoms with Gasteiger partial charge in [0, 0.05) is 22.8 Å². The van der Waals surface area contributed by atoms with Crippen LogP contribution in [0.4, 0.5) is 11.4 Å². The van der Waals surface area contributed by atoms with E-state index in [1.54, 1.807) is 61.6 Å². The molecule has 0 aliphatic heterocycles. The molecule has 31 heavy (non-hydrogen) atoms. The fourth-order valence-electron chi connectivity index (χ4n) is 3.54. The van der Waals surface area contributed by atoms with E-state index in [4.69, 9.17) is 4.42 Å². The largest absolute Gasteiger partial charge is 0.464 e. The third-order valence-electron chi connectivity index (χ3n) is 4.94. The van der Waals surface area contributed by atoms with Crippen LogP contribution in [-0.4, -0.2) is 17.8 Å². The predicted octanol–water partition coefficient (Wildman–Crippen LogP) is 6.56. The molecule has 0 saturated carbocycles. The Morgan fingerprint density at radius 1 is 1.03 bits per heavy atom. The minimum absolute atomic E-state index is 0.147. The fraction of sp³-hybridized carbons (Fsp3) is 0.0417. The van der Waals surface area contributed by atoms with Crippen molar-refractivity contribution in [1.82, 2.24) is 0 Å². The number of nitro groups is 1. The van der Waals surface area contributed by atoms with Crippen molar-refractivity contribution < 1.29 is 14.1 Å². The summed E-state index contributed by atoms with van der Waals surface area (Å²) in [4.78, 5) is 25.4. The summed E-state index contributed by atoms with van der Waals surface area (Å²) in [6.45, 7) is 0. The van der Waals surface area contributed by atoms with Crippen LogP contribution in [-0.2, 0) is 0 Å². The second-order valence-corrected chi connectivity index (χ2v) is 7.67. The lowest BCUT2D eigenvalue weighted by Gasteiger charge is -2.16. The number of furan rings is 1. The van der Waals surface area contributed by atoms with Crippen molar-refractivity contribution in [2.24, 2.45) is 0 Å². The van der Waals surface area contributed by atoms with Gasteiger partial charge in [-0.3, -0.25) is 14.9 Å². The summed E-state index contributed by atoms with van der Waals surface area (Å²) in [6.07, 6.45) is 1.43. The lowest BCUT2D eigenvalue weighted by atomic mass is 9.89. The standard InChI is InChI=1S/C24H17BrN2O4/c1-26-19-14-18(15-6-3-2-4-7-15)23(27(29)30)22(20-8-5-13-31-20)21(19)24(28)16-9-11-17(25)12-10-16/h2-14,26H,1H3. The first kappa shape index (κ1) is 20.6. The van der Waals surface area contributed by atoms with Gasteiger partial charge in [0.2, 0.25) is 0 Å². The van der Waals surface area contributed by atoms with Gasteiger partial charge in [-0.1, -0.05) is 46.3 Å². The van der Waals surface area contributed by atoms with Crippen molar-refractivity contribution in [2.75, 3.05) is 12.4 Å². The number of halogens is 1. The Hall–Kier alpha value is -3.71. The first-order valence-corrected chi connectivity index (χ1v) is 10.2. The van der Waals surface area contributed by atoms with Gasteiger partial charge in [0.05, 0.1) is 22.3 Å². The third kappa shape index (κ3) is 3.87. The van der Waals surface area contributed by atoms with Crippen LogP contribution in [0.1, 0.15) is 15.9 Å². The van der Waals surface area contributed by atoms with E-state index in [0.717, 1.165) is 4.47 Å². The topological polar surface area (TPSA) is 85.4 Å². The van der Waals surface area contributed by atoms with Gasteiger partial charge in [-0.05, 0) is 48.0 Å². The molecule has 1 heterocycles. The van der Waals surface area contributed by atoms with Crippen LogP contribution in [0.15, 0.2) is 87.9 Å². The highest BCUT2D eigenvalue weighted by Crippen LogP contribution is 2.45. The molecule has 6 nitrogen and oxygen atoms in total. The van der Waals surface area contributed by atoms with Crippen LogP contribution in [0.5, 0.6) is 0 Å². The first-order chi connectivity index (χ1) is 15.0. The van der Waals surface area contributed by atoms with E-state index in [1.807, 2.05) is 18.2 Å². The van der Waals surface area contributed by atoms with Crippen LogP contribution in [0.25, 0.3) is 22.5 Å². The van der Waals surface area contributed by atoms with Gasteiger partial charge in [0.25, 0.3) is 5.69 Å². The Kier molecular flexibility index (Phi) is 5.68. The highest BCUT2D eigenvalue weighted by atomic mass is 79.9. The monoisotopic (exact) mass is 476 g/mol. The molecule has 0 amide bonds.